The highest BCUT2D eigenvalue weighted by molar-refractivity contribution is 9.10. The zero-order valence-electron chi connectivity index (χ0n) is 13.0. The second-order valence-electron chi connectivity index (χ2n) is 5.85. The molecule has 0 unspecified atom stereocenters. The first-order valence-corrected chi connectivity index (χ1v) is 8.80. The van der Waals surface area contributed by atoms with Crippen LogP contribution in [0.4, 0.5) is 17.5 Å². The quantitative estimate of drug-likeness (QED) is 0.636. The Balaban J connectivity index is 1.71. The molecule has 2 aromatic carbocycles. The van der Waals surface area contributed by atoms with Crippen molar-refractivity contribution < 1.29 is 0 Å². The van der Waals surface area contributed by atoms with E-state index in [-0.39, 0.29) is 0 Å². The van der Waals surface area contributed by atoms with Crippen molar-refractivity contribution in [2.75, 3.05) is 10.6 Å². The van der Waals surface area contributed by atoms with Gasteiger partial charge in [-0.15, -0.1) is 0 Å². The summed E-state index contributed by atoms with van der Waals surface area (Å²) in [5.41, 5.74) is 2.93. The summed E-state index contributed by atoms with van der Waals surface area (Å²) in [6, 6.07) is 20.7. The molecule has 0 saturated heterocycles. The molecule has 0 amide bonds. The third-order valence-corrected chi connectivity index (χ3v) is 4.54. The number of para-hydroxylation sites is 1. The van der Waals surface area contributed by atoms with Gasteiger partial charge in [0, 0.05) is 22.1 Å². The number of aromatic nitrogens is 2. The van der Waals surface area contributed by atoms with Crippen LogP contribution in [0, 0.1) is 0 Å². The van der Waals surface area contributed by atoms with E-state index >= 15 is 0 Å². The predicted molar refractivity (Wildman–Crippen MR) is 102 cm³/mol. The lowest BCUT2D eigenvalue weighted by atomic mass is 10.1. The average molecular weight is 381 g/mol. The number of nitrogens with zero attached hydrogens (tertiary/aromatic N) is 2. The van der Waals surface area contributed by atoms with Crippen molar-refractivity contribution in [3.63, 3.8) is 0 Å². The summed E-state index contributed by atoms with van der Waals surface area (Å²) < 4.78 is 0.982. The molecule has 1 fully saturated rings. The molecule has 4 nitrogen and oxygen atoms in total. The standard InChI is InChI=1S/C19H17BrN4/c20-15-8-4-5-9-16(15)22-19-23-17(13-6-2-1-3-7-13)12-18(24-19)21-14-10-11-14/h1-9,12,14H,10-11H2,(H2,21,22,23,24). The summed E-state index contributed by atoms with van der Waals surface area (Å²) in [5, 5.41) is 6.77. The van der Waals surface area contributed by atoms with Crippen LogP contribution < -0.4 is 10.6 Å². The van der Waals surface area contributed by atoms with Gasteiger partial charge in [-0.2, -0.15) is 4.98 Å². The molecule has 4 rings (SSSR count). The van der Waals surface area contributed by atoms with Gasteiger partial charge >= 0.3 is 0 Å². The van der Waals surface area contributed by atoms with Crippen LogP contribution in [0.2, 0.25) is 0 Å². The fourth-order valence-corrected chi connectivity index (χ4v) is 2.84. The van der Waals surface area contributed by atoms with Crippen LogP contribution in [-0.2, 0) is 0 Å². The van der Waals surface area contributed by atoms with Crippen molar-refractivity contribution in [2.45, 2.75) is 18.9 Å². The topological polar surface area (TPSA) is 49.8 Å². The van der Waals surface area contributed by atoms with Crippen LogP contribution in [0.3, 0.4) is 0 Å². The molecule has 1 heterocycles. The summed E-state index contributed by atoms with van der Waals surface area (Å²) in [6.45, 7) is 0. The van der Waals surface area contributed by atoms with E-state index in [1.165, 1.54) is 12.8 Å². The van der Waals surface area contributed by atoms with Crippen molar-refractivity contribution in [1.29, 1.82) is 0 Å². The van der Waals surface area contributed by atoms with Crippen LogP contribution in [-0.4, -0.2) is 16.0 Å². The van der Waals surface area contributed by atoms with Gasteiger partial charge < -0.3 is 10.6 Å². The molecule has 24 heavy (non-hydrogen) atoms. The van der Waals surface area contributed by atoms with E-state index < -0.39 is 0 Å². The highest BCUT2D eigenvalue weighted by atomic mass is 79.9. The Hall–Kier alpha value is -2.40. The highest BCUT2D eigenvalue weighted by Crippen LogP contribution is 2.29. The van der Waals surface area contributed by atoms with Crippen LogP contribution in [0.5, 0.6) is 0 Å². The number of rotatable bonds is 5. The lowest BCUT2D eigenvalue weighted by molar-refractivity contribution is 1.09. The minimum absolute atomic E-state index is 0.542. The molecule has 0 aliphatic heterocycles. The first-order chi connectivity index (χ1) is 11.8. The van der Waals surface area contributed by atoms with Gasteiger partial charge in [0.2, 0.25) is 5.95 Å². The number of anilines is 3. The second-order valence-corrected chi connectivity index (χ2v) is 6.71. The number of nitrogens with one attached hydrogen (secondary N) is 2. The average Bonchev–Trinajstić information content (AvgIpc) is 3.42. The Morgan fingerprint density at radius 2 is 1.67 bits per heavy atom. The zero-order valence-corrected chi connectivity index (χ0v) is 14.6. The molecule has 0 spiro atoms. The summed E-state index contributed by atoms with van der Waals surface area (Å²) in [5.74, 6) is 1.45. The van der Waals surface area contributed by atoms with Crippen LogP contribution in [0.15, 0.2) is 65.1 Å². The molecule has 1 aliphatic carbocycles. The first-order valence-electron chi connectivity index (χ1n) is 8.00. The number of hydrogen-bond donors (Lipinski definition) is 2. The Morgan fingerprint density at radius 1 is 0.917 bits per heavy atom. The number of halogens is 1. The van der Waals surface area contributed by atoms with Crippen LogP contribution >= 0.6 is 15.9 Å². The van der Waals surface area contributed by atoms with E-state index in [1.807, 2.05) is 48.5 Å². The lowest BCUT2D eigenvalue weighted by Crippen LogP contribution is -2.07. The molecule has 2 N–H and O–H groups in total. The van der Waals surface area contributed by atoms with E-state index in [0.717, 1.165) is 27.2 Å². The largest absolute Gasteiger partial charge is 0.367 e. The van der Waals surface area contributed by atoms with E-state index in [2.05, 4.69) is 48.7 Å². The summed E-state index contributed by atoms with van der Waals surface area (Å²) >= 11 is 3.55. The first kappa shape index (κ1) is 15.1. The van der Waals surface area contributed by atoms with Crippen molar-refractivity contribution >= 4 is 33.4 Å². The third kappa shape index (κ3) is 3.57. The van der Waals surface area contributed by atoms with Gasteiger partial charge in [0.25, 0.3) is 0 Å². The van der Waals surface area contributed by atoms with Gasteiger partial charge in [-0.1, -0.05) is 42.5 Å². The van der Waals surface area contributed by atoms with Gasteiger partial charge in [-0.3, -0.25) is 0 Å². The maximum Gasteiger partial charge on any atom is 0.229 e. The monoisotopic (exact) mass is 380 g/mol. The zero-order chi connectivity index (χ0) is 16.4. The van der Waals surface area contributed by atoms with E-state index in [0.29, 0.717) is 12.0 Å². The molecule has 3 aromatic rings. The molecule has 0 radical (unpaired) electrons. The van der Waals surface area contributed by atoms with E-state index in [9.17, 15) is 0 Å². The van der Waals surface area contributed by atoms with Crippen LogP contribution in [0.1, 0.15) is 12.8 Å². The van der Waals surface area contributed by atoms with E-state index in [4.69, 9.17) is 0 Å². The summed E-state index contributed by atoms with van der Waals surface area (Å²) in [7, 11) is 0. The Labute approximate surface area is 149 Å². The predicted octanol–water partition coefficient (Wildman–Crippen LogP) is 5.22. The minimum Gasteiger partial charge on any atom is -0.367 e. The summed E-state index contributed by atoms with van der Waals surface area (Å²) in [4.78, 5) is 9.31. The molecule has 1 saturated carbocycles. The number of hydrogen-bond acceptors (Lipinski definition) is 4. The highest BCUT2D eigenvalue weighted by Gasteiger charge is 2.22. The normalized spacial score (nSPS) is 13.5. The van der Waals surface area contributed by atoms with Crippen molar-refractivity contribution in [3.05, 3.63) is 65.1 Å². The van der Waals surface area contributed by atoms with Gasteiger partial charge in [-0.25, -0.2) is 4.98 Å². The van der Waals surface area contributed by atoms with E-state index in [1.54, 1.807) is 0 Å². The molecule has 1 aromatic heterocycles. The molecule has 5 heteroatoms. The van der Waals surface area contributed by atoms with Gasteiger partial charge in [-0.05, 0) is 40.9 Å². The third-order valence-electron chi connectivity index (χ3n) is 3.85. The summed E-state index contributed by atoms with van der Waals surface area (Å²) in [6.07, 6.45) is 2.41. The molecular weight excluding hydrogens is 364 g/mol. The molecule has 0 atom stereocenters. The Bertz CT molecular complexity index is 847. The SMILES string of the molecule is Brc1ccccc1Nc1nc(NC2CC2)cc(-c2ccccc2)n1. The Morgan fingerprint density at radius 3 is 2.42 bits per heavy atom. The fourth-order valence-electron chi connectivity index (χ4n) is 2.45. The fraction of sp³-hybridized carbons (Fsp3) is 0.158. The van der Waals surface area contributed by atoms with Crippen LogP contribution in [0.25, 0.3) is 11.3 Å². The molecule has 120 valence electrons. The smallest absolute Gasteiger partial charge is 0.229 e. The Kier molecular flexibility index (Phi) is 4.17. The lowest BCUT2D eigenvalue weighted by Gasteiger charge is -2.12. The van der Waals surface area contributed by atoms with Gasteiger partial charge in [0.15, 0.2) is 0 Å². The van der Waals surface area contributed by atoms with Crippen molar-refractivity contribution in [2.24, 2.45) is 0 Å². The van der Waals surface area contributed by atoms with Crippen molar-refractivity contribution in [3.8, 4) is 11.3 Å². The van der Waals surface area contributed by atoms with Gasteiger partial charge in [0.1, 0.15) is 5.82 Å². The maximum atomic E-state index is 4.68. The van der Waals surface area contributed by atoms with Gasteiger partial charge in [0.05, 0.1) is 11.4 Å². The minimum atomic E-state index is 0.542. The molecular formula is C19H17BrN4. The molecule has 1 aliphatic rings. The molecule has 0 bridgehead atoms. The second kappa shape index (κ2) is 6.61. The number of benzene rings is 2. The van der Waals surface area contributed by atoms with Crippen molar-refractivity contribution in [1.82, 2.24) is 9.97 Å². The maximum absolute atomic E-state index is 4.68.